The van der Waals surface area contributed by atoms with Gasteiger partial charge in [-0.2, -0.15) is 0 Å². The van der Waals surface area contributed by atoms with Gasteiger partial charge in [0.15, 0.2) is 11.5 Å². The molecule has 0 aliphatic carbocycles. The molecule has 8 heteroatoms. The van der Waals surface area contributed by atoms with Gasteiger partial charge < -0.3 is 29.7 Å². The highest BCUT2D eigenvalue weighted by molar-refractivity contribution is 5.95. The molecular weight excluding hydrogens is 350 g/mol. The van der Waals surface area contributed by atoms with Crippen LogP contribution >= 0.6 is 0 Å². The Hall–Kier alpha value is -2.32. The molecule has 3 aliphatic rings. The molecule has 3 heterocycles. The summed E-state index contributed by atoms with van der Waals surface area (Å²) in [6.45, 7) is 3.74. The topological polar surface area (TPSA) is 94.3 Å². The Bertz CT molecular complexity index is 724. The molecule has 0 aromatic heterocycles. The first kappa shape index (κ1) is 18.1. The Balaban J connectivity index is 1.38. The second kappa shape index (κ2) is 7.36. The van der Waals surface area contributed by atoms with E-state index in [0.29, 0.717) is 75.8 Å². The van der Waals surface area contributed by atoms with E-state index < -0.39 is 5.41 Å². The minimum atomic E-state index is -0.512. The fraction of sp³-hybridized carbons (Fsp3) is 0.579. The number of hydrogen-bond donors (Lipinski definition) is 1. The summed E-state index contributed by atoms with van der Waals surface area (Å²) in [6.07, 6.45) is 1.33. The van der Waals surface area contributed by atoms with Gasteiger partial charge in [-0.25, -0.2) is 0 Å². The van der Waals surface area contributed by atoms with Crippen LogP contribution in [0.3, 0.4) is 0 Å². The van der Waals surface area contributed by atoms with Crippen molar-refractivity contribution >= 4 is 11.8 Å². The zero-order chi connectivity index (χ0) is 18.9. The van der Waals surface area contributed by atoms with E-state index in [1.807, 2.05) is 4.90 Å². The van der Waals surface area contributed by atoms with Gasteiger partial charge in [0, 0.05) is 51.5 Å². The van der Waals surface area contributed by atoms with Crippen LogP contribution in [0.5, 0.6) is 11.5 Å². The molecule has 0 saturated carbocycles. The molecule has 1 aromatic carbocycles. The number of nitrogens with zero attached hydrogens (tertiary/aromatic N) is 2. The first-order chi connectivity index (χ1) is 13.1. The van der Waals surface area contributed by atoms with Gasteiger partial charge in [0.1, 0.15) is 0 Å². The van der Waals surface area contributed by atoms with Gasteiger partial charge in [-0.1, -0.05) is 0 Å². The van der Waals surface area contributed by atoms with Crippen molar-refractivity contribution < 1.29 is 23.8 Å². The Kier molecular flexibility index (Phi) is 4.92. The highest BCUT2D eigenvalue weighted by Gasteiger charge is 2.42. The van der Waals surface area contributed by atoms with Crippen LogP contribution in [0.25, 0.3) is 0 Å². The normalized spacial score (nSPS) is 21.2. The number of amides is 2. The smallest absolute Gasteiger partial charge is 0.254 e. The van der Waals surface area contributed by atoms with Crippen molar-refractivity contribution in [3.05, 3.63) is 23.8 Å². The fourth-order valence-corrected chi connectivity index (χ4v) is 3.93. The zero-order valence-electron chi connectivity index (χ0n) is 15.3. The van der Waals surface area contributed by atoms with Crippen molar-refractivity contribution in [3.63, 3.8) is 0 Å². The minimum absolute atomic E-state index is 0.0556. The molecule has 0 spiro atoms. The van der Waals surface area contributed by atoms with Crippen molar-refractivity contribution in [2.75, 3.05) is 52.7 Å². The van der Waals surface area contributed by atoms with Crippen LogP contribution in [0, 0.1) is 5.41 Å². The summed E-state index contributed by atoms with van der Waals surface area (Å²) in [6, 6.07) is 5.22. The number of carbonyl (C=O) groups is 2. The lowest BCUT2D eigenvalue weighted by molar-refractivity contribution is -0.148. The Morgan fingerprint density at radius 1 is 1.00 bits per heavy atom. The molecule has 8 nitrogen and oxygen atoms in total. The van der Waals surface area contributed by atoms with E-state index in [2.05, 4.69) is 0 Å². The van der Waals surface area contributed by atoms with Gasteiger partial charge in [0.25, 0.3) is 5.91 Å². The van der Waals surface area contributed by atoms with Gasteiger partial charge in [-0.15, -0.1) is 0 Å². The lowest BCUT2D eigenvalue weighted by atomic mass is 9.78. The van der Waals surface area contributed by atoms with Crippen LogP contribution in [0.2, 0.25) is 0 Å². The van der Waals surface area contributed by atoms with E-state index in [0.717, 1.165) is 0 Å². The van der Waals surface area contributed by atoms with Gasteiger partial charge in [0.05, 0.1) is 5.41 Å². The number of benzene rings is 1. The van der Waals surface area contributed by atoms with Gasteiger partial charge in [-0.3, -0.25) is 9.59 Å². The quantitative estimate of drug-likeness (QED) is 0.825. The molecule has 2 saturated heterocycles. The maximum atomic E-state index is 13.0. The number of hydrogen-bond acceptors (Lipinski definition) is 6. The molecule has 27 heavy (non-hydrogen) atoms. The second-order valence-corrected chi connectivity index (χ2v) is 7.25. The fourth-order valence-electron chi connectivity index (χ4n) is 3.93. The first-order valence-electron chi connectivity index (χ1n) is 9.39. The summed E-state index contributed by atoms with van der Waals surface area (Å²) >= 11 is 0. The van der Waals surface area contributed by atoms with Crippen molar-refractivity contribution in [1.29, 1.82) is 0 Å². The van der Waals surface area contributed by atoms with Gasteiger partial charge >= 0.3 is 0 Å². The first-order valence-corrected chi connectivity index (χ1v) is 9.39. The van der Waals surface area contributed by atoms with Crippen molar-refractivity contribution in [2.45, 2.75) is 12.8 Å². The minimum Gasteiger partial charge on any atom is -0.454 e. The lowest BCUT2D eigenvalue weighted by Gasteiger charge is -2.42. The average molecular weight is 375 g/mol. The van der Waals surface area contributed by atoms with Crippen molar-refractivity contribution in [1.82, 2.24) is 9.80 Å². The van der Waals surface area contributed by atoms with E-state index in [4.69, 9.17) is 19.9 Å². The number of ether oxygens (including phenoxy) is 3. The number of piperazine rings is 1. The molecule has 4 rings (SSSR count). The lowest BCUT2D eigenvalue weighted by Crippen LogP contribution is -2.57. The third kappa shape index (κ3) is 3.35. The number of nitrogens with two attached hydrogens (primary N) is 1. The monoisotopic (exact) mass is 375 g/mol. The second-order valence-electron chi connectivity index (χ2n) is 7.25. The number of carbonyl (C=O) groups excluding carboxylic acids is 2. The Morgan fingerprint density at radius 2 is 1.67 bits per heavy atom. The summed E-state index contributed by atoms with van der Waals surface area (Å²) in [4.78, 5) is 29.5. The maximum absolute atomic E-state index is 13.0. The highest BCUT2D eigenvalue weighted by Crippen LogP contribution is 2.34. The van der Waals surface area contributed by atoms with Crippen molar-refractivity contribution in [3.8, 4) is 11.5 Å². The van der Waals surface area contributed by atoms with E-state index in [-0.39, 0.29) is 18.6 Å². The Labute approximate surface area is 158 Å². The Morgan fingerprint density at radius 3 is 2.37 bits per heavy atom. The van der Waals surface area contributed by atoms with E-state index in [1.165, 1.54) is 0 Å². The molecule has 3 aliphatic heterocycles. The molecule has 2 amide bonds. The van der Waals surface area contributed by atoms with Crippen LogP contribution in [0.4, 0.5) is 0 Å². The standard InChI is InChI=1S/C19H25N3O5/c20-12-19(3-9-25-10-4-19)18(24)22-7-5-21(6-8-22)17(23)14-1-2-15-16(11-14)27-13-26-15/h1-2,11H,3-10,12-13,20H2. The number of rotatable bonds is 3. The van der Waals surface area contributed by atoms with Crippen LogP contribution in [0.1, 0.15) is 23.2 Å². The van der Waals surface area contributed by atoms with Gasteiger partial charge in [-0.05, 0) is 31.0 Å². The predicted molar refractivity (Wildman–Crippen MR) is 96.6 cm³/mol. The summed E-state index contributed by atoms with van der Waals surface area (Å²) in [5, 5.41) is 0. The molecule has 0 atom stereocenters. The summed E-state index contributed by atoms with van der Waals surface area (Å²) < 4.78 is 16.0. The molecule has 0 unspecified atom stereocenters. The highest BCUT2D eigenvalue weighted by atomic mass is 16.7. The summed E-state index contributed by atoms with van der Waals surface area (Å²) in [5.41, 5.74) is 6.01. The zero-order valence-corrected chi connectivity index (χ0v) is 15.3. The largest absolute Gasteiger partial charge is 0.454 e. The van der Waals surface area contributed by atoms with Crippen molar-refractivity contribution in [2.24, 2.45) is 11.1 Å². The predicted octanol–water partition coefficient (Wildman–Crippen LogP) is 0.455. The summed E-state index contributed by atoms with van der Waals surface area (Å²) in [5.74, 6) is 1.30. The van der Waals surface area contributed by atoms with Crippen LogP contribution in [0.15, 0.2) is 18.2 Å². The average Bonchev–Trinajstić information content (AvgIpc) is 3.21. The van der Waals surface area contributed by atoms with Crippen LogP contribution in [-0.2, 0) is 9.53 Å². The van der Waals surface area contributed by atoms with Gasteiger partial charge in [0.2, 0.25) is 12.7 Å². The molecule has 2 N–H and O–H groups in total. The molecule has 2 fully saturated rings. The third-order valence-electron chi connectivity index (χ3n) is 5.77. The molecular formula is C19H25N3O5. The van der Waals surface area contributed by atoms with Crippen LogP contribution < -0.4 is 15.2 Å². The maximum Gasteiger partial charge on any atom is 0.254 e. The molecule has 0 bridgehead atoms. The molecule has 1 aromatic rings. The summed E-state index contributed by atoms with van der Waals surface area (Å²) in [7, 11) is 0. The molecule has 0 radical (unpaired) electrons. The van der Waals surface area contributed by atoms with Crippen LogP contribution in [-0.4, -0.2) is 74.3 Å². The molecule has 146 valence electrons. The third-order valence-corrected chi connectivity index (χ3v) is 5.77. The van der Waals surface area contributed by atoms with E-state index in [1.54, 1.807) is 23.1 Å². The van der Waals surface area contributed by atoms with E-state index in [9.17, 15) is 9.59 Å². The SMILES string of the molecule is NCC1(C(=O)N2CCN(C(=O)c3ccc4c(c3)OCO4)CC2)CCOCC1. The van der Waals surface area contributed by atoms with E-state index >= 15 is 0 Å². The number of fused-ring (bicyclic) bond motifs is 1.